The molecule has 0 bridgehead atoms. The number of nitrogen functional groups attached to an aromatic ring is 1. The largest absolute Gasteiger partial charge is 0.506 e. The summed E-state index contributed by atoms with van der Waals surface area (Å²) in [5, 5.41) is 14.7. The molecule has 1 aromatic carbocycles. The standard InChI is InChI=1S/C14H15ClN2O2/c1-7-8-4-2-3-5-9(8)13(15)14(18)12(7)10-6-11(16)19-17-10/h6,18H,2-5,16H2,1H3. The Morgan fingerprint density at radius 3 is 2.63 bits per heavy atom. The van der Waals surface area contributed by atoms with E-state index in [0.717, 1.165) is 36.8 Å². The molecule has 1 aliphatic carbocycles. The van der Waals surface area contributed by atoms with Crippen molar-refractivity contribution >= 4 is 17.5 Å². The maximum atomic E-state index is 10.3. The molecular formula is C14H15ClN2O2. The van der Waals surface area contributed by atoms with E-state index in [4.69, 9.17) is 21.9 Å². The van der Waals surface area contributed by atoms with Gasteiger partial charge in [-0.05, 0) is 49.3 Å². The van der Waals surface area contributed by atoms with Crippen molar-refractivity contribution in [3.8, 4) is 17.0 Å². The minimum Gasteiger partial charge on any atom is -0.506 e. The first-order valence-corrected chi connectivity index (χ1v) is 6.72. The van der Waals surface area contributed by atoms with Crippen molar-refractivity contribution in [2.75, 3.05) is 5.73 Å². The molecule has 1 heterocycles. The fraction of sp³-hybridized carbons (Fsp3) is 0.357. The Kier molecular flexibility index (Phi) is 2.90. The predicted octanol–water partition coefficient (Wildman–Crippen LogP) is 3.47. The quantitative estimate of drug-likeness (QED) is 0.838. The van der Waals surface area contributed by atoms with Crippen LogP contribution < -0.4 is 5.73 Å². The lowest BCUT2D eigenvalue weighted by Gasteiger charge is -2.22. The Morgan fingerprint density at radius 1 is 1.32 bits per heavy atom. The van der Waals surface area contributed by atoms with E-state index >= 15 is 0 Å². The lowest BCUT2D eigenvalue weighted by molar-refractivity contribution is 0.437. The van der Waals surface area contributed by atoms with E-state index in [1.165, 1.54) is 5.56 Å². The fourth-order valence-corrected chi connectivity index (χ4v) is 3.17. The molecule has 0 fully saturated rings. The first-order chi connectivity index (χ1) is 9.09. The lowest BCUT2D eigenvalue weighted by Crippen LogP contribution is -2.07. The molecule has 1 aromatic heterocycles. The minimum absolute atomic E-state index is 0.0770. The van der Waals surface area contributed by atoms with Crippen LogP contribution in [0, 0.1) is 6.92 Å². The number of anilines is 1. The van der Waals surface area contributed by atoms with E-state index in [1.807, 2.05) is 6.92 Å². The van der Waals surface area contributed by atoms with Gasteiger partial charge in [-0.25, -0.2) is 0 Å². The van der Waals surface area contributed by atoms with E-state index in [1.54, 1.807) is 6.07 Å². The molecule has 0 spiro atoms. The van der Waals surface area contributed by atoms with Crippen molar-refractivity contribution in [1.29, 1.82) is 0 Å². The van der Waals surface area contributed by atoms with E-state index in [2.05, 4.69) is 5.16 Å². The number of aromatic nitrogens is 1. The fourth-order valence-electron chi connectivity index (χ4n) is 2.86. The van der Waals surface area contributed by atoms with Gasteiger partial charge in [0.2, 0.25) is 5.88 Å². The molecule has 0 aliphatic heterocycles. The van der Waals surface area contributed by atoms with Gasteiger partial charge in [0.15, 0.2) is 0 Å². The van der Waals surface area contributed by atoms with Crippen LogP contribution in [0.25, 0.3) is 11.3 Å². The number of phenolic OH excluding ortho intramolecular Hbond substituents is 1. The third-order valence-corrected chi connectivity index (χ3v) is 4.20. The van der Waals surface area contributed by atoms with E-state index in [-0.39, 0.29) is 11.6 Å². The van der Waals surface area contributed by atoms with Crippen molar-refractivity contribution in [1.82, 2.24) is 5.16 Å². The van der Waals surface area contributed by atoms with E-state index in [9.17, 15) is 5.11 Å². The summed E-state index contributed by atoms with van der Waals surface area (Å²) in [7, 11) is 0. The zero-order chi connectivity index (χ0) is 13.6. The molecule has 3 rings (SSSR count). The normalized spacial score (nSPS) is 14.4. The second-order valence-corrected chi connectivity index (χ2v) is 5.32. The SMILES string of the molecule is Cc1c2c(c(Cl)c(O)c1-c1cc(N)on1)CCCC2. The second-order valence-electron chi connectivity index (χ2n) is 4.94. The van der Waals surface area contributed by atoms with Gasteiger partial charge in [-0.2, -0.15) is 0 Å². The molecule has 0 unspecified atom stereocenters. The second kappa shape index (κ2) is 4.46. The van der Waals surface area contributed by atoms with Gasteiger partial charge in [0.1, 0.15) is 11.4 Å². The number of aromatic hydroxyl groups is 1. The summed E-state index contributed by atoms with van der Waals surface area (Å²) in [5.74, 6) is 0.302. The summed E-state index contributed by atoms with van der Waals surface area (Å²) >= 11 is 6.31. The molecule has 0 radical (unpaired) electrons. The highest BCUT2D eigenvalue weighted by atomic mass is 35.5. The van der Waals surface area contributed by atoms with Crippen LogP contribution in [0.1, 0.15) is 29.5 Å². The van der Waals surface area contributed by atoms with Crippen molar-refractivity contribution in [3.63, 3.8) is 0 Å². The summed E-state index contributed by atoms with van der Waals surface area (Å²) < 4.78 is 4.89. The van der Waals surface area contributed by atoms with Crippen molar-refractivity contribution < 1.29 is 9.63 Å². The monoisotopic (exact) mass is 278 g/mol. The number of benzene rings is 1. The minimum atomic E-state index is 0.0770. The van der Waals surface area contributed by atoms with Gasteiger partial charge in [0.05, 0.1) is 10.6 Å². The maximum absolute atomic E-state index is 10.3. The van der Waals surface area contributed by atoms with Gasteiger partial charge in [-0.15, -0.1) is 0 Å². The first kappa shape index (κ1) is 12.4. The molecule has 0 atom stereocenters. The average Bonchev–Trinajstić information content (AvgIpc) is 2.83. The Labute approximate surface area is 116 Å². The maximum Gasteiger partial charge on any atom is 0.222 e. The number of hydrogen-bond acceptors (Lipinski definition) is 4. The third-order valence-electron chi connectivity index (χ3n) is 3.79. The number of rotatable bonds is 1. The Hall–Kier alpha value is -1.68. The Bertz CT molecular complexity index is 649. The van der Waals surface area contributed by atoms with E-state index < -0.39 is 0 Å². The number of phenols is 1. The Morgan fingerprint density at radius 2 is 2.00 bits per heavy atom. The van der Waals surface area contributed by atoms with Crippen molar-refractivity contribution in [2.24, 2.45) is 0 Å². The van der Waals surface area contributed by atoms with E-state index in [0.29, 0.717) is 16.3 Å². The van der Waals surface area contributed by atoms with Gasteiger partial charge in [0.25, 0.3) is 0 Å². The number of halogens is 1. The molecule has 2 aromatic rings. The summed E-state index contributed by atoms with van der Waals surface area (Å²) in [5.41, 5.74) is 10.0. The molecule has 19 heavy (non-hydrogen) atoms. The topological polar surface area (TPSA) is 72.3 Å². The van der Waals surface area contributed by atoms with Gasteiger partial charge < -0.3 is 15.4 Å². The van der Waals surface area contributed by atoms with Crippen LogP contribution >= 0.6 is 11.6 Å². The van der Waals surface area contributed by atoms with Gasteiger partial charge in [-0.1, -0.05) is 16.8 Å². The predicted molar refractivity (Wildman–Crippen MR) is 74.4 cm³/mol. The summed E-state index contributed by atoms with van der Waals surface area (Å²) in [6.45, 7) is 1.99. The van der Waals surface area contributed by atoms with Crippen LogP contribution in [-0.2, 0) is 12.8 Å². The third kappa shape index (κ3) is 1.87. The number of fused-ring (bicyclic) bond motifs is 1. The molecular weight excluding hydrogens is 264 g/mol. The zero-order valence-electron chi connectivity index (χ0n) is 10.7. The average molecular weight is 279 g/mol. The summed E-state index contributed by atoms with van der Waals surface area (Å²) in [4.78, 5) is 0. The molecule has 0 amide bonds. The molecule has 4 nitrogen and oxygen atoms in total. The van der Waals surface area contributed by atoms with Crippen LogP contribution in [-0.4, -0.2) is 10.3 Å². The van der Waals surface area contributed by atoms with Gasteiger partial charge in [-0.3, -0.25) is 0 Å². The summed E-state index contributed by atoms with van der Waals surface area (Å²) in [6.07, 6.45) is 4.17. The number of nitrogens with two attached hydrogens (primary N) is 1. The van der Waals surface area contributed by atoms with Crippen LogP contribution in [0.2, 0.25) is 5.02 Å². The lowest BCUT2D eigenvalue weighted by atomic mass is 9.85. The molecule has 1 aliphatic rings. The highest BCUT2D eigenvalue weighted by Crippen LogP contribution is 2.44. The first-order valence-electron chi connectivity index (χ1n) is 6.35. The van der Waals surface area contributed by atoms with Crippen LogP contribution in [0.15, 0.2) is 10.6 Å². The zero-order valence-corrected chi connectivity index (χ0v) is 11.4. The van der Waals surface area contributed by atoms with Gasteiger partial charge >= 0.3 is 0 Å². The van der Waals surface area contributed by atoms with Crippen molar-refractivity contribution in [3.05, 3.63) is 27.8 Å². The summed E-state index contributed by atoms with van der Waals surface area (Å²) in [6, 6.07) is 1.60. The Balaban J connectivity index is 2.28. The molecule has 100 valence electrons. The smallest absolute Gasteiger partial charge is 0.222 e. The van der Waals surface area contributed by atoms with Crippen molar-refractivity contribution in [2.45, 2.75) is 32.6 Å². The van der Waals surface area contributed by atoms with Gasteiger partial charge in [0, 0.05) is 6.07 Å². The van der Waals surface area contributed by atoms with Crippen LogP contribution in [0.4, 0.5) is 5.88 Å². The highest BCUT2D eigenvalue weighted by Gasteiger charge is 2.24. The molecule has 0 saturated heterocycles. The molecule has 5 heteroatoms. The molecule has 0 saturated carbocycles. The molecule has 3 N–H and O–H groups in total. The van der Waals surface area contributed by atoms with Crippen LogP contribution in [0.3, 0.4) is 0 Å². The van der Waals surface area contributed by atoms with Crippen LogP contribution in [0.5, 0.6) is 5.75 Å². The highest BCUT2D eigenvalue weighted by molar-refractivity contribution is 6.33. The number of hydrogen-bond donors (Lipinski definition) is 2. The number of nitrogens with zero attached hydrogens (tertiary/aromatic N) is 1.